The van der Waals surface area contributed by atoms with Crippen molar-refractivity contribution in [1.82, 2.24) is 4.98 Å². The lowest BCUT2D eigenvalue weighted by Gasteiger charge is -2.13. The van der Waals surface area contributed by atoms with E-state index in [2.05, 4.69) is 20.5 Å². The smallest absolute Gasteiger partial charge is 0.383 e. The molecule has 0 amide bonds. The Morgan fingerprint density at radius 2 is 1.80 bits per heavy atom. The topological polar surface area (TPSA) is 99.5 Å². The third kappa shape index (κ3) is 4.35. The average Bonchev–Trinajstić information content (AvgIpc) is 2.69. The quantitative estimate of drug-likeness (QED) is 0.394. The van der Waals surface area contributed by atoms with Crippen LogP contribution in [0.15, 0.2) is 58.8 Å². The van der Waals surface area contributed by atoms with Gasteiger partial charge in [0.25, 0.3) is 0 Å². The normalized spacial score (nSPS) is 11.5. The summed E-state index contributed by atoms with van der Waals surface area (Å²) < 4.78 is 53.0. The van der Waals surface area contributed by atoms with E-state index >= 15 is 0 Å². The summed E-state index contributed by atoms with van der Waals surface area (Å²) in [5.41, 5.74) is 4.92. The number of anilines is 3. The van der Waals surface area contributed by atoms with E-state index in [1.807, 2.05) is 6.07 Å². The summed E-state index contributed by atoms with van der Waals surface area (Å²) in [5.74, 6) is -1.01. The van der Waals surface area contributed by atoms with Crippen molar-refractivity contribution in [1.29, 1.82) is 5.26 Å². The molecule has 0 aliphatic carbocycles. The van der Waals surface area contributed by atoms with E-state index in [1.54, 1.807) is 30.3 Å². The molecule has 0 saturated heterocycles. The second-order valence-electron chi connectivity index (χ2n) is 6.16. The van der Waals surface area contributed by atoms with Gasteiger partial charge in [-0.15, -0.1) is 10.2 Å². The number of aromatic nitrogens is 1. The van der Waals surface area contributed by atoms with Gasteiger partial charge in [-0.05, 0) is 37.3 Å². The molecule has 0 aliphatic heterocycles. The number of rotatable bonds is 4. The Labute approximate surface area is 168 Å². The SMILES string of the molecule is Cc1c(C#N)c(N)nc(Nc2ccccc2)c1/N=N/c1ccc(F)cc1C(F)(F)F. The molecule has 30 heavy (non-hydrogen) atoms. The number of nitrogens with zero attached hydrogens (tertiary/aromatic N) is 4. The zero-order valence-electron chi connectivity index (χ0n) is 15.5. The third-order valence-electron chi connectivity index (χ3n) is 4.11. The van der Waals surface area contributed by atoms with E-state index in [1.165, 1.54) is 6.92 Å². The van der Waals surface area contributed by atoms with Crippen LogP contribution in [0.5, 0.6) is 0 Å². The maximum atomic E-state index is 13.3. The summed E-state index contributed by atoms with van der Waals surface area (Å²) in [7, 11) is 0. The van der Waals surface area contributed by atoms with E-state index < -0.39 is 23.2 Å². The molecule has 3 N–H and O–H groups in total. The molecular formula is C20H14F4N6. The summed E-state index contributed by atoms with van der Waals surface area (Å²) in [6, 6.07) is 12.7. The van der Waals surface area contributed by atoms with Crippen molar-refractivity contribution in [3.8, 4) is 6.07 Å². The van der Waals surface area contributed by atoms with Crippen LogP contribution in [0.2, 0.25) is 0 Å². The van der Waals surface area contributed by atoms with Gasteiger partial charge < -0.3 is 11.1 Å². The van der Waals surface area contributed by atoms with Gasteiger partial charge in [0, 0.05) is 11.3 Å². The molecule has 0 unspecified atom stereocenters. The maximum absolute atomic E-state index is 13.3. The molecule has 0 radical (unpaired) electrons. The zero-order chi connectivity index (χ0) is 21.9. The highest BCUT2D eigenvalue weighted by Crippen LogP contribution is 2.39. The third-order valence-corrected chi connectivity index (χ3v) is 4.11. The van der Waals surface area contributed by atoms with Crippen LogP contribution in [0, 0.1) is 24.1 Å². The lowest BCUT2D eigenvalue weighted by atomic mass is 10.1. The molecule has 0 aliphatic rings. The zero-order valence-corrected chi connectivity index (χ0v) is 15.5. The molecule has 0 bridgehead atoms. The predicted octanol–water partition coefficient (Wildman–Crippen LogP) is 6.16. The summed E-state index contributed by atoms with van der Waals surface area (Å²) in [5, 5.41) is 19.8. The number of alkyl halides is 3. The van der Waals surface area contributed by atoms with Gasteiger partial charge in [-0.2, -0.15) is 18.4 Å². The number of para-hydroxylation sites is 1. The summed E-state index contributed by atoms with van der Waals surface area (Å²) in [6.45, 7) is 1.52. The van der Waals surface area contributed by atoms with Crippen molar-refractivity contribution in [3.05, 3.63) is 71.0 Å². The van der Waals surface area contributed by atoms with Crippen LogP contribution in [0.25, 0.3) is 0 Å². The van der Waals surface area contributed by atoms with Gasteiger partial charge in [0.15, 0.2) is 5.82 Å². The monoisotopic (exact) mass is 414 g/mol. The van der Waals surface area contributed by atoms with E-state index in [0.717, 1.165) is 12.1 Å². The molecular weight excluding hydrogens is 400 g/mol. The van der Waals surface area contributed by atoms with E-state index in [9.17, 15) is 22.8 Å². The van der Waals surface area contributed by atoms with Gasteiger partial charge in [-0.25, -0.2) is 9.37 Å². The van der Waals surface area contributed by atoms with Crippen LogP contribution < -0.4 is 11.1 Å². The lowest BCUT2D eigenvalue weighted by molar-refractivity contribution is -0.137. The van der Waals surface area contributed by atoms with Gasteiger partial charge in [-0.3, -0.25) is 0 Å². The van der Waals surface area contributed by atoms with E-state index in [0.29, 0.717) is 11.8 Å². The number of pyridine rings is 1. The second-order valence-corrected chi connectivity index (χ2v) is 6.16. The first-order chi connectivity index (χ1) is 14.2. The Kier molecular flexibility index (Phi) is 5.64. The standard InChI is InChI=1S/C20H14F4N6/c1-11-14(10-25)18(26)28-19(27-13-5-3-2-4-6-13)17(11)30-29-16-8-7-12(21)9-15(16)20(22,23)24/h2-9H,1H3,(H3,26,27,28)/b30-29+. The van der Waals surface area contributed by atoms with Crippen LogP contribution in [0.4, 0.5) is 46.3 Å². The largest absolute Gasteiger partial charge is 0.418 e. The number of benzene rings is 2. The number of nitrogens with two attached hydrogens (primary N) is 1. The van der Waals surface area contributed by atoms with Crippen molar-refractivity contribution in [2.24, 2.45) is 10.2 Å². The Bertz CT molecular complexity index is 1150. The molecule has 0 atom stereocenters. The van der Waals surface area contributed by atoms with Crippen LogP contribution in [0.3, 0.4) is 0 Å². The van der Waals surface area contributed by atoms with Crippen LogP contribution in [-0.2, 0) is 6.18 Å². The van der Waals surface area contributed by atoms with Crippen LogP contribution in [-0.4, -0.2) is 4.98 Å². The van der Waals surface area contributed by atoms with Crippen molar-refractivity contribution < 1.29 is 17.6 Å². The number of hydrogen-bond donors (Lipinski definition) is 2. The van der Waals surface area contributed by atoms with Gasteiger partial charge >= 0.3 is 6.18 Å². The number of nitrogen functional groups attached to an aromatic ring is 1. The lowest BCUT2D eigenvalue weighted by Crippen LogP contribution is -2.05. The van der Waals surface area contributed by atoms with Gasteiger partial charge in [-0.1, -0.05) is 18.2 Å². The minimum Gasteiger partial charge on any atom is -0.383 e. The highest BCUT2D eigenvalue weighted by atomic mass is 19.4. The molecule has 1 heterocycles. The van der Waals surface area contributed by atoms with Crippen molar-refractivity contribution in [2.45, 2.75) is 13.1 Å². The fourth-order valence-electron chi connectivity index (χ4n) is 2.65. The fraction of sp³-hybridized carbons (Fsp3) is 0.100. The Balaban J connectivity index is 2.13. The van der Waals surface area contributed by atoms with Crippen LogP contribution >= 0.6 is 0 Å². The first-order valence-electron chi connectivity index (χ1n) is 8.51. The number of nitrogens with one attached hydrogen (secondary N) is 1. The summed E-state index contributed by atoms with van der Waals surface area (Å²) >= 11 is 0. The first-order valence-corrected chi connectivity index (χ1v) is 8.51. The number of halogens is 4. The highest BCUT2D eigenvalue weighted by Gasteiger charge is 2.34. The molecule has 3 rings (SSSR count). The first kappa shape index (κ1) is 20.7. The molecule has 152 valence electrons. The highest BCUT2D eigenvalue weighted by molar-refractivity contribution is 5.76. The van der Waals surface area contributed by atoms with Gasteiger partial charge in [0.2, 0.25) is 0 Å². The predicted molar refractivity (Wildman–Crippen MR) is 103 cm³/mol. The minimum absolute atomic E-state index is 0.0257. The molecule has 0 spiro atoms. The summed E-state index contributed by atoms with van der Waals surface area (Å²) in [6.07, 6.45) is -4.83. The molecule has 3 aromatic rings. The van der Waals surface area contributed by atoms with Gasteiger partial charge in [0.1, 0.15) is 23.4 Å². The average molecular weight is 414 g/mol. The molecule has 2 aromatic carbocycles. The van der Waals surface area contributed by atoms with Crippen LogP contribution in [0.1, 0.15) is 16.7 Å². The molecule has 6 nitrogen and oxygen atoms in total. The maximum Gasteiger partial charge on any atom is 0.418 e. The molecule has 10 heteroatoms. The minimum atomic E-state index is -4.83. The Morgan fingerprint density at radius 1 is 1.10 bits per heavy atom. The number of hydrogen-bond acceptors (Lipinski definition) is 6. The summed E-state index contributed by atoms with van der Waals surface area (Å²) in [4.78, 5) is 4.11. The fourth-order valence-corrected chi connectivity index (χ4v) is 2.65. The van der Waals surface area contributed by atoms with Gasteiger partial charge in [0.05, 0.1) is 16.8 Å². The van der Waals surface area contributed by atoms with Crippen molar-refractivity contribution in [3.63, 3.8) is 0 Å². The molecule has 1 aromatic heterocycles. The van der Waals surface area contributed by atoms with Crippen molar-refractivity contribution >= 4 is 28.7 Å². The molecule has 0 saturated carbocycles. The van der Waals surface area contributed by atoms with Crippen molar-refractivity contribution in [2.75, 3.05) is 11.1 Å². The number of azo groups is 1. The Hall–Kier alpha value is -4.00. The second kappa shape index (κ2) is 8.16. The van der Waals surface area contributed by atoms with E-state index in [4.69, 9.17) is 5.73 Å². The van der Waals surface area contributed by atoms with E-state index in [-0.39, 0.29) is 28.5 Å². The number of nitriles is 1. The molecule has 0 fully saturated rings. The Morgan fingerprint density at radius 3 is 2.43 bits per heavy atom.